The van der Waals surface area contributed by atoms with Crippen LogP contribution in [0.5, 0.6) is 0 Å². The zero-order chi connectivity index (χ0) is 17.1. The Kier molecular flexibility index (Phi) is 5.43. The smallest absolute Gasteiger partial charge is 0.239 e. The number of carbonyl (C=O) groups excluding carboxylic acids is 1. The average molecular weight is 364 g/mol. The number of rotatable bonds is 4. The zero-order valence-corrected chi connectivity index (χ0v) is 15.3. The van der Waals surface area contributed by atoms with E-state index in [0.29, 0.717) is 19.5 Å². The molecule has 0 spiro atoms. The van der Waals surface area contributed by atoms with E-state index in [1.165, 1.54) is 5.56 Å². The standard InChI is InChI=1S/C18H22ClN3OS/c1-13-2-3-15(19)11-17(13)21-5-7-22(8-6-21)18(23)16(20)10-14-4-9-24-12-14/h2-4,9,11-12,16H,5-8,10,20H2,1H3. The molecule has 1 fully saturated rings. The molecule has 1 atom stereocenters. The maximum Gasteiger partial charge on any atom is 0.239 e. The summed E-state index contributed by atoms with van der Waals surface area (Å²) in [5.41, 5.74) is 9.60. The first-order chi connectivity index (χ1) is 11.5. The van der Waals surface area contributed by atoms with E-state index >= 15 is 0 Å². The van der Waals surface area contributed by atoms with Crippen molar-refractivity contribution in [3.05, 3.63) is 51.2 Å². The van der Waals surface area contributed by atoms with Gasteiger partial charge in [0.25, 0.3) is 0 Å². The SMILES string of the molecule is Cc1ccc(Cl)cc1N1CCN(C(=O)C(N)Cc2ccsc2)CC1. The summed E-state index contributed by atoms with van der Waals surface area (Å²) in [6, 6.07) is 7.50. The highest BCUT2D eigenvalue weighted by atomic mass is 35.5. The van der Waals surface area contributed by atoms with Crippen molar-refractivity contribution in [3.63, 3.8) is 0 Å². The lowest BCUT2D eigenvalue weighted by Gasteiger charge is -2.37. The molecule has 1 aromatic carbocycles. The van der Waals surface area contributed by atoms with E-state index in [-0.39, 0.29) is 5.91 Å². The number of carbonyl (C=O) groups is 1. The second-order valence-electron chi connectivity index (χ2n) is 6.19. The molecule has 1 unspecified atom stereocenters. The van der Waals surface area contributed by atoms with Gasteiger partial charge in [-0.3, -0.25) is 4.79 Å². The largest absolute Gasteiger partial charge is 0.368 e. The fourth-order valence-corrected chi connectivity index (χ4v) is 3.92. The zero-order valence-electron chi connectivity index (χ0n) is 13.7. The van der Waals surface area contributed by atoms with E-state index in [2.05, 4.69) is 11.8 Å². The normalized spacial score (nSPS) is 16.3. The number of nitrogens with zero attached hydrogens (tertiary/aromatic N) is 2. The Labute approximate surface area is 151 Å². The van der Waals surface area contributed by atoms with Crippen LogP contribution in [0.15, 0.2) is 35.0 Å². The molecule has 128 valence electrons. The predicted molar refractivity (Wildman–Crippen MR) is 101 cm³/mol. The van der Waals surface area contributed by atoms with Gasteiger partial charge in [0, 0.05) is 36.9 Å². The molecule has 4 nitrogen and oxygen atoms in total. The third kappa shape index (κ3) is 3.91. The minimum Gasteiger partial charge on any atom is -0.368 e. The first kappa shape index (κ1) is 17.3. The Bertz CT molecular complexity index is 696. The van der Waals surface area contributed by atoms with Crippen LogP contribution in [0, 0.1) is 6.92 Å². The lowest BCUT2D eigenvalue weighted by atomic mass is 10.1. The highest BCUT2D eigenvalue weighted by Crippen LogP contribution is 2.25. The van der Waals surface area contributed by atoms with Crippen LogP contribution in [-0.2, 0) is 11.2 Å². The lowest BCUT2D eigenvalue weighted by molar-refractivity contribution is -0.132. The monoisotopic (exact) mass is 363 g/mol. The van der Waals surface area contributed by atoms with E-state index in [1.807, 2.05) is 39.9 Å². The van der Waals surface area contributed by atoms with Crippen molar-refractivity contribution in [2.45, 2.75) is 19.4 Å². The Morgan fingerprint density at radius 1 is 1.29 bits per heavy atom. The molecule has 2 heterocycles. The van der Waals surface area contributed by atoms with Gasteiger partial charge in [0.2, 0.25) is 5.91 Å². The summed E-state index contributed by atoms with van der Waals surface area (Å²) in [6.45, 7) is 5.08. The summed E-state index contributed by atoms with van der Waals surface area (Å²) in [6.07, 6.45) is 0.607. The number of aryl methyl sites for hydroxylation is 1. The molecule has 2 aromatic rings. The number of hydrogen-bond donors (Lipinski definition) is 1. The van der Waals surface area contributed by atoms with Crippen molar-refractivity contribution < 1.29 is 4.79 Å². The van der Waals surface area contributed by atoms with Crippen LogP contribution in [-0.4, -0.2) is 43.0 Å². The van der Waals surface area contributed by atoms with Crippen molar-refractivity contribution >= 4 is 34.5 Å². The third-order valence-corrected chi connectivity index (χ3v) is 5.42. The molecular formula is C18H22ClN3OS. The molecule has 3 rings (SSSR count). The Morgan fingerprint density at radius 2 is 2.04 bits per heavy atom. The number of anilines is 1. The minimum absolute atomic E-state index is 0.0451. The van der Waals surface area contributed by atoms with Gasteiger partial charge < -0.3 is 15.5 Å². The summed E-state index contributed by atoms with van der Waals surface area (Å²) in [7, 11) is 0. The molecule has 1 aliphatic rings. The van der Waals surface area contributed by atoms with E-state index in [9.17, 15) is 4.79 Å². The van der Waals surface area contributed by atoms with Gasteiger partial charge >= 0.3 is 0 Å². The molecule has 6 heteroatoms. The fourth-order valence-electron chi connectivity index (χ4n) is 3.08. The topological polar surface area (TPSA) is 49.6 Å². The average Bonchev–Trinajstić information content (AvgIpc) is 3.09. The number of benzene rings is 1. The van der Waals surface area contributed by atoms with Crippen molar-refractivity contribution in [1.82, 2.24) is 4.90 Å². The van der Waals surface area contributed by atoms with Gasteiger partial charge in [0.15, 0.2) is 0 Å². The van der Waals surface area contributed by atoms with Gasteiger partial charge in [0.05, 0.1) is 6.04 Å². The highest BCUT2D eigenvalue weighted by molar-refractivity contribution is 7.07. The van der Waals surface area contributed by atoms with Crippen molar-refractivity contribution in [2.75, 3.05) is 31.1 Å². The third-order valence-electron chi connectivity index (χ3n) is 4.46. The summed E-state index contributed by atoms with van der Waals surface area (Å²) in [5, 5.41) is 4.80. The number of piperazine rings is 1. The quantitative estimate of drug-likeness (QED) is 0.908. The van der Waals surface area contributed by atoms with Crippen molar-refractivity contribution in [2.24, 2.45) is 5.73 Å². The van der Waals surface area contributed by atoms with Crippen LogP contribution < -0.4 is 10.6 Å². The van der Waals surface area contributed by atoms with Crippen LogP contribution in [0.2, 0.25) is 5.02 Å². The van der Waals surface area contributed by atoms with Gasteiger partial charge in [-0.15, -0.1) is 0 Å². The second kappa shape index (κ2) is 7.55. The molecule has 1 aromatic heterocycles. The number of amides is 1. The van der Waals surface area contributed by atoms with Crippen molar-refractivity contribution in [1.29, 1.82) is 0 Å². The maximum atomic E-state index is 12.6. The van der Waals surface area contributed by atoms with Crippen LogP contribution in [0.4, 0.5) is 5.69 Å². The summed E-state index contributed by atoms with van der Waals surface area (Å²) < 4.78 is 0. The molecule has 1 saturated heterocycles. The first-order valence-corrected chi connectivity index (χ1v) is 9.43. The molecule has 1 aliphatic heterocycles. The van der Waals surface area contributed by atoms with Crippen LogP contribution in [0.3, 0.4) is 0 Å². The van der Waals surface area contributed by atoms with Gasteiger partial charge in [-0.1, -0.05) is 17.7 Å². The minimum atomic E-state index is -0.459. The number of hydrogen-bond acceptors (Lipinski definition) is 4. The molecule has 1 amide bonds. The first-order valence-electron chi connectivity index (χ1n) is 8.11. The predicted octanol–water partition coefficient (Wildman–Crippen LogP) is 2.93. The van der Waals surface area contributed by atoms with Gasteiger partial charge in [-0.05, 0) is 53.4 Å². The van der Waals surface area contributed by atoms with E-state index in [0.717, 1.165) is 29.4 Å². The van der Waals surface area contributed by atoms with Crippen LogP contribution in [0.25, 0.3) is 0 Å². The molecule has 0 radical (unpaired) electrons. The Morgan fingerprint density at radius 3 is 2.71 bits per heavy atom. The Hall–Kier alpha value is -1.56. The van der Waals surface area contributed by atoms with Gasteiger partial charge in [0.1, 0.15) is 0 Å². The molecule has 2 N–H and O–H groups in total. The number of halogens is 1. The van der Waals surface area contributed by atoms with E-state index in [4.69, 9.17) is 17.3 Å². The molecular weight excluding hydrogens is 342 g/mol. The Balaban J connectivity index is 1.58. The second-order valence-corrected chi connectivity index (χ2v) is 7.40. The molecule has 0 aliphatic carbocycles. The molecule has 0 saturated carbocycles. The van der Waals surface area contributed by atoms with Gasteiger partial charge in [-0.2, -0.15) is 11.3 Å². The van der Waals surface area contributed by atoms with E-state index in [1.54, 1.807) is 11.3 Å². The maximum absolute atomic E-state index is 12.6. The van der Waals surface area contributed by atoms with Crippen LogP contribution >= 0.6 is 22.9 Å². The van der Waals surface area contributed by atoms with E-state index < -0.39 is 6.04 Å². The lowest BCUT2D eigenvalue weighted by Crippen LogP contribution is -2.53. The summed E-state index contributed by atoms with van der Waals surface area (Å²) in [4.78, 5) is 16.7. The van der Waals surface area contributed by atoms with Crippen molar-refractivity contribution in [3.8, 4) is 0 Å². The molecule has 24 heavy (non-hydrogen) atoms. The summed E-state index contributed by atoms with van der Waals surface area (Å²) >= 11 is 7.75. The van der Waals surface area contributed by atoms with Crippen LogP contribution in [0.1, 0.15) is 11.1 Å². The highest BCUT2D eigenvalue weighted by Gasteiger charge is 2.26. The number of nitrogens with two attached hydrogens (primary N) is 1. The fraction of sp³-hybridized carbons (Fsp3) is 0.389. The summed E-state index contributed by atoms with van der Waals surface area (Å²) in [5.74, 6) is 0.0451. The number of thiophene rings is 1. The van der Waals surface area contributed by atoms with Gasteiger partial charge in [-0.25, -0.2) is 0 Å². The molecule has 0 bridgehead atoms.